The molecule has 0 aromatic carbocycles. The molecule has 2 atom stereocenters. The average molecular weight is 258 g/mol. The van der Waals surface area contributed by atoms with Crippen LogP contribution in [0, 0.1) is 17.8 Å². The van der Waals surface area contributed by atoms with Crippen LogP contribution in [0.1, 0.15) is 43.7 Å². The second-order valence-corrected chi connectivity index (χ2v) is 5.85. The fraction of sp³-hybridized carbons (Fsp3) is 0.625. The smallest absolute Gasteiger partial charge is 0.223 e. The lowest BCUT2D eigenvalue weighted by atomic mass is 10.0. The van der Waals surface area contributed by atoms with Crippen molar-refractivity contribution in [1.29, 1.82) is 0 Å². The molecule has 2 aliphatic rings. The Bertz CT molecular complexity index is 460. The highest BCUT2D eigenvalue weighted by atomic mass is 16.2. The maximum Gasteiger partial charge on any atom is 0.223 e. The Morgan fingerprint density at radius 1 is 1.32 bits per heavy atom. The zero-order valence-corrected chi connectivity index (χ0v) is 11.6. The monoisotopic (exact) mass is 258 g/mol. The Hall–Kier alpha value is -1.38. The van der Waals surface area contributed by atoms with Gasteiger partial charge in [-0.2, -0.15) is 0 Å². The van der Waals surface area contributed by atoms with Gasteiger partial charge in [-0.25, -0.2) is 0 Å². The first kappa shape index (κ1) is 12.6. The molecule has 1 amide bonds. The Balaban J connectivity index is 1.56. The van der Waals surface area contributed by atoms with E-state index in [0.29, 0.717) is 24.3 Å². The Morgan fingerprint density at radius 2 is 2.05 bits per heavy atom. The zero-order valence-electron chi connectivity index (χ0n) is 11.6. The number of fused-ring (bicyclic) bond motifs is 1. The summed E-state index contributed by atoms with van der Waals surface area (Å²) in [5.74, 6) is 1.97. The van der Waals surface area contributed by atoms with Crippen molar-refractivity contribution >= 4 is 5.91 Å². The van der Waals surface area contributed by atoms with Crippen LogP contribution in [0.5, 0.6) is 0 Å². The van der Waals surface area contributed by atoms with E-state index >= 15 is 0 Å². The first-order valence-corrected chi connectivity index (χ1v) is 7.50. The number of nitrogens with one attached hydrogen (secondary N) is 1. The van der Waals surface area contributed by atoms with E-state index in [4.69, 9.17) is 0 Å². The van der Waals surface area contributed by atoms with Gasteiger partial charge in [-0.1, -0.05) is 19.8 Å². The lowest BCUT2D eigenvalue weighted by molar-refractivity contribution is -0.123. The molecule has 0 saturated heterocycles. The average Bonchev–Trinajstić information content (AvgIpc) is 3.19. The lowest BCUT2D eigenvalue weighted by Crippen LogP contribution is -2.26. The predicted molar refractivity (Wildman–Crippen MR) is 74.4 cm³/mol. The molecular weight excluding hydrogens is 236 g/mol. The van der Waals surface area contributed by atoms with E-state index in [1.807, 2.05) is 12.3 Å². The Labute approximate surface area is 114 Å². The minimum absolute atomic E-state index is 0.274. The maximum absolute atomic E-state index is 12.2. The van der Waals surface area contributed by atoms with Crippen LogP contribution in [-0.2, 0) is 17.8 Å². The first-order chi connectivity index (χ1) is 9.31. The number of carbonyl (C=O) groups excluding carboxylic acids is 1. The molecule has 19 heavy (non-hydrogen) atoms. The van der Waals surface area contributed by atoms with Crippen LogP contribution in [0.25, 0.3) is 0 Å². The summed E-state index contributed by atoms with van der Waals surface area (Å²) in [7, 11) is 0. The lowest BCUT2D eigenvalue weighted by Gasteiger charge is -2.08. The number of rotatable bonds is 4. The number of hydrogen-bond donors (Lipinski definition) is 1. The second-order valence-electron chi connectivity index (χ2n) is 5.85. The van der Waals surface area contributed by atoms with Crippen molar-refractivity contribution in [2.24, 2.45) is 17.8 Å². The van der Waals surface area contributed by atoms with Gasteiger partial charge in [0.05, 0.1) is 0 Å². The van der Waals surface area contributed by atoms with Gasteiger partial charge in [0.15, 0.2) is 0 Å². The van der Waals surface area contributed by atoms with E-state index in [0.717, 1.165) is 6.42 Å². The van der Waals surface area contributed by atoms with Gasteiger partial charge < -0.3 is 5.32 Å². The van der Waals surface area contributed by atoms with E-state index in [1.165, 1.54) is 36.8 Å². The van der Waals surface area contributed by atoms with Crippen molar-refractivity contribution in [3.05, 3.63) is 29.6 Å². The van der Waals surface area contributed by atoms with Gasteiger partial charge in [0.2, 0.25) is 5.91 Å². The van der Waals surface area contributed by atoms with Gasteiger partial charge in [-0.15, -0.1) is 0 Å². The van der Waals surface area contributed by atoms with Crippen LogP contribution < -0.4 is 5.32 Å². The maximum atomic E-state index is 12.2. The summed E-state index contributed by atoms with van der Waals surface area (Å²) in [5, 5.41) is 3.13. The van der Waals surface area contributed by atoms with E-state index < -0.39 is 0 Å². The number of hydrogen-bond acceptors (Lipinski definition) is 2. The SMILES string of the molecule is CCc1cnccc1CNC(=O)C1C2CCCCC21. The van der Waals surface area contributed by atoms with Gasteiger partial charge >= 0.3 is 0 Å². The molecule has 102 valence electrons. The molecule has 0 aliphatic heterocycles. The van der Waals surface area contributed by atoms with Crippen LogP contribution >= 0.6 is 0 Å². The Morgan fingerprint density at radius 3 is 2.74 bits per heavy atom. The van der Waals surface area contributed by atoms with Gasteiger partial charge in [0.1, 0.15) is 0 Å². The molecule has 0 bridgehead atoms. The van der Waals surface area contributed by atoms with Crippen molar-refractivity contribution in [2.45, 2.75) is 45.6 Å². The predicted octanol–water partition coefficient (Wildman–Crippen LogP) is 2.70. The molecular formula is C16H22N2O. The highest BCUT2D eigenvalue weighted by Gasteiger charge is 2.54. The van der Waals surface area contributed by atoms with Crippen LogP contribution in [0.3, 0.4) is 0 Å². The number of nitrogens with zero attached hydrogens (tertiary/aromatic N) is 1. The molecule has 2 aliphatic carbocycles. The molecule has 3 heteroatoms. The molecule has 2 unspecified atom stereocenters. The van der Waals surface area contributed by atoms with Gasteiger partial charge in [-0.05, 0) is 48.3 Å². The number of aryl methyl sites for hydroxylation is 1. The molecule has 1 aromatic heterocycles. The van der Waals surface area contributed by atoms with Crippen molar-refractivity contribution in [1.82, 2.24) is 10.3 Å². The number of carbonyl (C=O) groups is 1. The topological polar surface area (TPSA) is 42.0 Å². The summed E-state index contributed by atoms with van der Waals surface area (Å²) >= 11 is 0. The van der Waals surface area contributed by atoms with E-state index in [-0.39, 0.29) is 5.91 Å². The molecule has 1 N–H and O–H groups in total. The van der Waals surface area contributed by atoms with Crippen molar-refractivity contribution in [3.63, 3.8) is 0 Å². The third-order valence-electron chi connectivity index (χ3n) is 4.80. The van der Waals surface area contributed by atoms with Gasteiger partial charge in [-0.3, -0.25) is 9.78 Å². The van der Waals surface area contributed by atoms with Crippen LogP contribution in [0.15, 0.2) is 18.5 Å². The summed E-state index contributed by atoms with van der Waals surface area (Å²) in [6.45, 7) is 2.78. The second kappa shape index (κ2) is 5.32. The zero-order chi connectivity index (χ0) is 13.2. The van der Waals surface area contributed by atoms with Crippen molar-refractivity contribution in [2.75, 3.05) is 0 Å². The quantitative estimate of drug-likeness (QED) is 0.902. The number of pyridine rings is 1. The molecule has 3 nitrogen and oxygen atoms in total. The summed E-state index contributed by atoms with van der Waals surface area (Å²) in [6, 6.07) is 2.01. The van der Waals surface area contributed by atoms with Crippen LogP contribution in [0.2, 0.25) is 0 Å². The fourth-order valence-electron chi connectivity index (χ4n) is 3.63. The standard InChI is InChI=1S/C16H22N2O/c1-2-11-9-17-8-7-12(11)10-18-16(19)15-13-5-3-4-6-14(13)15/h7-9,13-15H,2-6,10H2,1H3,(H,18,19). The normalized spacial score (nSPS) is 28.6. The van der Waals surface area contributed by atoms with Crippen molar-refractivity contribution < 1.29 is 4.79 Å². The molecule has 2 fully saturated rings. The van der Waals surface area contributed by atoms with E-state index in [9.17, 15) is 4.79 Å². The van der Waals surface area contributed by atoms with E-state index in [1.54, 1.807) is 6.20 Å². The Kier molecular flexibility index (Phi) is 3.54. The van der Waals surface area contributed by atoms with Crippen LogP contribution in [0.4, 0.5) is 0 Å². The first-order valence-electron chi connectivity index (χ1n) is 7.50. The number of aromatic nitrogens is 1. The summed E-state index contributed by atoms with van der Waals surface area (Å²) < 4.78 is 0. The van der Waals surface area contributed by atoms with E-state index in [2.05, 4.69) is 17.2 Å². The summed E-state index contributed by atoms with van der Waals surface area (Å²) in [5.41, 5.74) is 2.44. The number of amides is 1. The molecule has 2 saturated carbocycles. The largest absolute Gasteiger partial charge is 0.352 e. The van der Waals surface area contributed by atoms with Gasteiger partial charge in [0.25, 0.3) is 0 Å². The minimum Gasteiger partial charge on any atom is -0.352 e. The molecule has 1 heterocycles. The summed E-state index contributed by atoms with van der Waals surface area (Å²) in [4.78, 5) is 16.4. The molecule has 0 radical (unpaired) electrons. The molecule has 3 rings (SSSR count). The highest BCUT2D eigenvalue weighted by Crippen LogP contribution is 2.55. The third-order valence-corrected chi connectivity index (χ3v) is 4.80. The van der Waals surface area contributed by atoms with Crippen molar-refractivity contribution in [3.8, 4) is 0 Å². The minimum atomic E-state index is 0.274. The highest BCUT2D eigenvalue weighted by molar-refractivity contribution is 5.82. The molecule has 1 aromatic rings. The third kappa shape index (κ3) is 2.51. The molecule has 0 spiro atoms. The van der Waals surface area contributed by atoms with Gasteiger partial charge in [0, 0.05) is 24.9 Å². The fourth-order valence-corrected chi connectivity index (χ4v) is 3.63. The summed E-state index contributed by atoms with van der Waals surface area (Å²) in [6.07, 6.45) is 9.82. The van der Waals surface area contributed by atoms with Crippen LogP contribution in [-0.4, -0.2) is 10.9 Å².